The number of hydrazine groups is 1. The van der Waals surface area contributed by atoms with Crippen molar-refractivity contribution in [1.29, 1.82) is 0 Å². The Hall–Kier alpha value is -2.82. The average Bonchev–Trinajstić information content (AvgIpc) is 3.22. The van der Waals surface area contributed by atoms with E-state index in [1.165, 1.54) is 15.9 Å². The zero-order chi connectivity index (χ0) is 22.1. The van der Waals surface area contributed by atoms with Gasteiger partial charge in [0.25, 0.3) is 0 Å². The molecule has 0 spiro atoms. The number of benzene rings is 2. The predicted octanol–water partition coefficient (Wildman–Crippen LogP) is 2.42. The van der Waals surface area contributed by atoms with Crippen molar-refractivity contribution in [2.45, 2.75) is 13.1 Å². The highest BCUT2D eigenvalue weighted by atomic mass is 32.2. The zero-order valence-corrected chi connectivity index (χ0v) is 17.7. The number of carbonyl (C=O) groups is 2. The van der Waals surface area contributed by atoms with E-state index in [0.29, 0.717) is 6.54 Å². The highest BCUT2D eigenvalue weighted by Crippen LogP contribution is 2.30. The van der Waals surface area contributed by atoms with E-state index in [-0.39, 0.29) is 28.4 Å². The van der Waals surface area contributed by atoms with Gasteiger partial charge in [0.1, 0.15) is 6.17 Å². The molecule has 2 N–H and O–H groups in total. The maximum atomic E-state index is 13.9. The molecule has 2 heterocycles. The minimum absolute atomic E-state index is 0.0154. The molecule has 31 heavy (non-hydrogen) atoms. The summed E-state index contributed by atoms with van der Waals surface area (Å²) in [6.07, 6.45) is -0.485. The van der Waals surface area contributed by atoms with Gasteiger partial charge < -0.3 is 4.90 Å². The largest absolute Gasteiger partial charge is 0.315 e. The van der Waals surface area contributed by atoms with E-state index >= 15 is 0 Å². The third-order valence-corrected chi connectivity index (χ3v) is 6.12. The quantitative estimate of drug-likeness (QED) is 0.756. The van der Waals surface area contributed by atoms with E-state index in [1.807, 2.05) is 31.2 Å². The number of nitrogens with one attached hydrogen (secondary N) is 2. The molecule has 7 nitrogen and oxygen atoms in total. The maximum absolute atomic E-state index is 13.9. The van der Waals surface area contributed by atoms with Crippen LogP contribution in [0.3, 0.4) is 0 Å². The van der Waals surface area contributed by atoms with Crippen LogP contribution in [-0.4, -0.2) is 42.5 Å². The van der Waals surface area contributed by atoms with Gasteiger partial charge in [-0.05, 0) is 36.8 Å². The topological polar surface area (TPSA) is 77.0 Å². The molecule has 10 heteroatoms. The Morgan fingerprint density at radius 1 is 1.26 bits per heavy atom. The van der Waals surface area contributed by atoms with Crippen LogP contribution in [0.5, 0.6) is 0 Å². The highest BCUT2D eigenvalue weighted by molar-refractivity contribution is 8.14. The molecule has 0 saturated carbocycles. The second-order valence-corrected chi connectivity index (χ2v) is 8.28. The fourth-order valence-corrected chi connectivity index (χ4v) is 4.39. The standard InChI is InChI=1S/C21H21F2N5O2S/c1-12-4-3-5-13(8-12)27(2)18(29)11-31-21-25-19-15(10-24-26-19)20(30)28(21)14-6-7-16(22)17(23)9-14/h3-9,15,19,24,26H,10-11H2,1-2H3. The fraction of sp³-hybridized carbons (Fsp3) is 0.286. The summed E-state index contributed by atoms with van der Waals surface area (Å²) in [5.74, 6) is -3.02. The Kier molecular flexibility index (Phi) is 6.03. The molecule has 0 aliphatic carbocycles. The lowest BCUT2D eigenvalue weighted by molar-refractivity contribution is -0.121. The average molecular weight is 445 g/mol. The van der Waals surface area contributed by atoms with Gasteiger partial charge >= 0.3 is 0 Å². The lowest BCUT2D eigenvalue weighted by Gasteiger charge is -2.32. The SMILES string of the molecule is Cc1cccc(N(C)C(=O)CSC2=NC3NNCC3C(=O)N2c2ccc(F)c(F)c2)c1. The minimum Gasteiger partial charge on any atom is -0.315 e. The molecule has 2 aromatic carbocycles. The number of anilines is 2. The number of fused-ring (bicyclic) bond motifs is 1. The summed E-state index contributed by atoms with van der Waals surface area (Å²) in [5.41, 5.74) is 7.77. The van der Waals surface area contributed by atoms with Gasteiger partial charge in [0.2, 0.25) is 11.8 Å². The second-order valence-electron chi connectivity index (χ2n) is 7.34. The van der Waals surface area contributed by atoms with Gasteiger partial charge in [-0.25, -0.2) is 19.2 Å². The van der Waals surface area contributed by atoms with Crippen LogP contribution >= 0.6 is 11.8 Å². The van der Waals surface area contributed by atoms with E-state index in [4.69, 9.17) is 0 Å². The molecule has 2 aliphatic heterocycles. The van der Waals surface area contributed by atoms with Gasteiger partial charge in [0.15, 0.2) is 16.8 Å². The molecule has 0 bridgehead atoms. The number of nitrogens with zero attached hydrogens (tertiary/aromatic N) is 3. The van der Waals surface area contributed by atoms with E-state index in [1.54, 1.807) is 7.05 Å². The van der Waals surface area contributed by atoms with Crippen LogP contribution in [-0.2, 0) is 9.59 Å². The van der Waals surface area contributed by atoms with Crippen LogP contribution in [0.15, 0.2) is 47.5 Å². The Morgan fingerprint density at radius 3 is 2.81 bits per heavy atom. The molecular formula is C21H21F2N5O2S. The van der Waals surface area contributed by atoms with Crippen LogP contribution in [0.2, 0.25) is 0 Å². The summed E-state index contributed by atoms with van der Waals surface area (Å²) in [6, 6.07) is 10.8. The summed E-state index contributed by atoms with van der Waals surface area (Å²) in [4.78, 5) is 33.2. The number of carbonyl (C=O) groups excluding carboxylic acids is 2. The number of aryl methyl sites for hydroxylation is 1. The second kappa shape index (κ2) is 8.74. The van der Waals surface area contributed by atoms with Crippen molar-refractivity contribution in [1.82, 2.24) is 10.9 Å². The summed E-state index contributed by atoms with van der Waals surface area (Å²) >= 11 is 1.08. The van der Waals surface area contributed by atoms with Crippen molar-refractivity contribution in [2.24, 2.45) is 10.9 Å². The molecule has 1 fully saturated rings. The van der Waals surface area contributed by atoms with Gasteiger partial charge in [-0.15, -0.1) is 0 Å². The highest BCUT2D eigenvalue weighted by Gasteiger charge is 2.42. The van der Waals surface area contributed by atoms with Crippen LogP contribution in [0.1, 0.15) is 5.56 Å². The van der Waals surface area contributed by atoms with Crippen molar-refractivity contribution in [3.05, 3.63) is 59.7 Å². The van der Waals surface area contributed by atoms with E-state index in [9.17, 15) is 18.4 Å². The Morgan fingerprint density at radius 2 is 2.06 bits per heavy atom. The lowest BCUT2D eigenvalue weighted by Crippen LogP contribution is -2.49. The summed E-state index contributed by atoms with van der Waals surface area (Å²) in [6.45, 7) is 2.30. The number of hydrogen-bond acceptors (Lipinski definition) is 6. The summed E-state index contributed by atoms with van der Waals surface area (Å²) < 4.78 is 27.3. The number of amidine groups is 1. The van der Waals surface area contributed by atoms with Crippen LogP contribution in [0.25, 0.3) is 0 Å². The van der Waals surface area contributed by atoms with Crippen LogP contribution in [0.4, 0.5) is 20.2 Å². The van der Waals surface area contributed by atoms with Crippen molar-refractivity contribution in [3.8, 4) is 0 Å². The van der Waals surface area contributed by atoms with Gasteiger partial charge in [0, 0.05) is 25.3 Å². The monoisotopic (exact) mass is 445 g/mol. The molecule has 2 atom stereocenters. The van der Waals surface area contributed by atoms with Crippen molar-refractivity contribution < 1.29 is 18.4 Å². The van der Waals surface area contributed by atoms with Crippen LogP contribution < -0.4 is 20.7 Å². The number of rotatable bonds is 4. The Balaban J connectivity index is 1.57. The number of aliphatic imine (C=N–C) groups is 1. The van der Waals surface area contributed by atoms with Gasteiger partial charge in [-0.3, -0.25) is 19.9 Å². The van der Waals surface area contributed by atoms with Gasteiger partial charge in [-0.1, -0.05) is 23.9 Å². The molecule has 1 saturated heterocycles. The first kappa shape index (κ1) is 21.4. The number of hydrogen-bond donors (Lipinski definition) is 2. The number of halogens is 2. The lowest BCUT2D eigenvalue weighted by atomic mass is 10.0. The smallest absolute Gasteiger partial charge is 0.241 e. The first-order valence-electron chi connectivity index (χ1n) is 9.66. The Bertz CT molecular complexity index is 1060. The maximum Gasteiger partial charge on any atom is 0.241 e. The van der Waals surface area contributed by atoms with Gasteiger partial charge in [-0.2, -0.15) is 0 Å². The van der Waals surface area contributed by atoms with Crippen molar-refractivity contribution in [2.75, 3.05) is 29.1 Å². The van der Waals surface area contributed by atoms with E-state index in [0.717, 1.165) is 35.1 Å². The number of thioether (sulfide) groups is 1. The molecule has 2 amide bonds. The molecule has 0 radical (unpaired) electrons. The van der Waals surface area contributed by atoms with Crippen molar-refractivity contribution >= 4 is 40.1 Å². The first-order chi connectivity index (χ1) is 14.8. The zero-order valence-electron chi connectivity index (χ0n) is 16.9. The van der Waals surface area contributed by atoms with E-state index in [2.05, 4.69) is 15.8 Å². The molecule has 2 aliphatic rings. The Labute approximate surface area is 182 Å². The van der Waals surface area contributed by atoms with Crippen molar-refractivity contribution in [3.63, 3.8) is 0 Å². The molecule has 2 unspecified atom stereocenters. The molecule has 2 aromatic rings. The van der Waals surface area contributed by atoms with Gasteiger partial charge in [0.05, 0.1) is 17.4 Å². The van der Waals surface area contributed by atoms with Crippen LogP contribution in [0, 0.1) is 24.5 Å². The minimum atomic E-state index is -1.06. The first-order valence-corrected chi connectivity index (χ1v) is 10.6. The predicted molar refractivity (Wildman–Crippen MR) is 117 cm³/mol. The summed E-state index contributed by atoms with van der Waals surface area (Å²) in [7, 11) is 1.68. The molecule has 0 aromatic heterocycles. The molecule has 162 valence electrons. The third-order valence-electron chi connectivity index (χ3n) is 5.18. The molecular weight excluding hydrogens is 424 g/mol. The van der Waals surface area contributed by atoms with E-state index < -0.39 is 23.7 Å². The number of amides is 2. The molecule has 4 rings (SSSR count). The fourth-order valence-electron chi connectivity index (χ4n) is 3.43. The third kappa shape index (κ3) is 4.32. The summed E-state index contributed by atoms with van der Waals surface area (Å²) in [5, 5.41) is 0.249. The normalized spacial score (nSPS) is 20.5.